The van der Waals surface area contributed by atoms with Gasteiger partial charge in [-0.3, -0.25) is 4.40 Å². The van der Waals surface area contributed by atoms with Gasteiger partial charge in [-0.25, -0.2) is 4.79 Å². The SMILES string of the molecule is O=C(O)c1ccc2nnc(-c3ccco3)n2c1. The molecule has 3 aromatic heterocycles. The third-order valence-electron chi connectivity index (χ3n) is 2.39. The van der Waals surface area contributed by atoms with Crippen LogP contribution in [0.1, 0.15) is 10.4 Å². The average molecular weight is 229 g/mol. The highest BCUT2D eigenvalue weighted by Gasteiger charge is 2.12. The van der Waals surface area contributed by atoms with E-state index in [1.165, 1.54) is 18.5 Å². The van der Waals surface area contributed by atoms with Gasteiger partial charge in [-0.1, -0.05) is 0 Å². The van der Waals surface area contributed by atoms with E-state index in [9.17, 15) is 4.79 Å². The smallest absolute Gasteiger partial charge is 0.337 e. The number of nitrogens with zero attached hydrogens (tertiary/aromatic N) is 3. The number of pyridine rings is 1. The van der Waals surface area contributed by atoms with E-state index in [1.54, 1.807) is 22.6 Å². The predicted octanol–water partition coefficient (Wildman–Crippen LogP) is 1.69. The maximum absolute atomic E-state index is 10.9. The highest BCUT2D eigenvalue weighted by Crippen LogP contribution is 2.19. The summed E-state index contributed by atoms with van der Waals surface area (Å²) in [5.41, 5.74) is 0.742. The Labute approximate surface area is 95.1 Å². The fourth-order valence-corrected chi connectivity index (χ4v) is 1.59. The molecule has 6 heteroatoms. The lowest BCUT2D eigenvalue weighted by atomic mass is 10.3. The number of aromatic carboxylic acids is 1. The number of carbonyl (C=O) groups is 1. The molecule has 0 radical (unpaired) electrons. The zero-order valence-electron chi connectivity index (χ0n) is 8.57. The molecule has 84 valence electrons. The molecule has 1 N–H and O–H groups in total. The molecule has 0 atom stereocenters. The highest BCUT2D eigenvalue weighted by molar-refractivity contribution is 5.87. The Hall–Kier alpha value is -2.63. The summed E-state index contributed by atoms with van der Waals surface area (Å²) in [7, 11) is 0. The zero-order chi connectivity index (χ0) is 11.8. The molecule has 0 aliphatic rings. The number of aromatic nitrogens is 3. The minimum Gasteiger partial charge on any atom is -0.478 e. The minimum absolute atomic E-state index is 0.171. The molecular weight excluding hydrogens is 222 g/mol. The molecule has 0 aliphatic carbocycles. The molecule has 0 spiro atoms. The lowest BCUT2D eigenvalue weighted by Crippen LogP contribution is -1.99. The number of carboxylic acids is 1. The summed E-state index contributed by atoms with van der Waals surface area (Å²) < 4.78 is 6.80. The van der Waals surface area contributed by atoms with E-state index < -0.39 is 5.97 Å². The topological polar surface area (TPSA) is 80.6 Å². The number of fused-ring (bicyclic) bond motifs is 1. The van der Waals surface area contributed by atoms with E-state index in [0.29, 0.717) is 17.2 Å². The van der Waals surface area contributed by atoms with Crippen LogP contribution < -0.4 is 0 Å². The second-order valence-electron chi connectivity index (χ2n) is 3.45. The molecule has 0 bridgehead atoms. The average Bonchev–Trinajstić information content (AvgIpc) is 2.96. The third-order valence-corrected chi connectivity index (χ3v) is 2.39. The number of hydrogen-bond donors (Lipinski definition) is 1. The van der Waals surface area contributed by atoms with Gasteiger partial charge in [0.25, 0.3) is 0 Å². The van der Waals surface area contributed by atoms with Crippen LogP contribution in [0.5, 0.6) is 0 Å². The van der Waals surface area contributed by atoms with Gasteiger partial charge in [-0.2, -0.15) is 0 Å². The molecule has 6 nitrogen and oxygen atoms in total. The first-order valence-corrected chi connectivity index (χ1v) is 4.87. The first-order chi connectivity index (χ1) is 8.25. The second kappa shape index (κ2) is 3.44. The van der Waals surface area contributed by atoms with Gasteiger partial charge in [-0.15, -0.1) is 10.2 Å². The van der Waals surface area contributed by atoms with Crippen molar-refractivity contribution in [1.29, 1.82) is 0 Å². The molecule has 0 saturated heterocycles. The highest BCUT2D eigenvalue weighted by atomic mass is 16.4. The Morgan fingerprint density at radius 3 is 2.88 bits per heavy atom. The standard InChI is InChI=1S/C11H7N3O3/c15-11(16)7-3-4-9-12-13-10(14(9)6-7)8-2-1-5-17-8/h1-6H,(H,15,16). The largest absolute Gasteiger partial charge is 0.478 e. The van der Waals surface area contributed by atoms with E-state index in [4.69, 9.17) is 9.52 Å². The summed E-state index contributed by atoms with van der Waals surface area (Å²) in [6.07, 6.45) is 2.99. The molecular formula is C11H7N3O3. The van der Waals surface area contributed by atoms with Crippen LogP contribution in [0.2, 0.25) is 0 Å². The summed E-state index contributed by atoms with van der Waals surface area (Å²) in [5.74, 6) is 0.0270. The summed E-state index contributed by atoms with van der Waals surface area (Å²) in [6.45, 7) is 0. The first-order valence-electron chi connectivity index (χ1n) is 4.87. The molecule has 0 unspecified atom stereocenters. The van der Waals surface area contributed by atoms with Crippen LogP contribution in [0.25, 0.3) is 17.2 Å². The Kier molecular flexibility index (Phi) is 1.94. The van der Waals surface area contributed by atoms with Gasteiger partial charge >= 0.3 is 5.97 Å². The summed E-state index contributed by atoms with van der Waals surface area (Å²) >= 11 is 0. The van der Waals surface area contributed by atoms with Gasteiger partial charge in [-0.05, 0) is 24.3 Å². The van der Waals surface area contributed by atoms with E-state index in [0.717, 1.165) is 0 Å². The van der Waals surface area contributed by atoms with Crippen molar-refractivity contribution in [3.8, 4) is 11.6 Å². The Morgan fingerprint density at radius 1 is 1.29 bits per heavy atom. The number of furan rings is 1. The van der Waals surface area contributed by atoms with E-state index >= 15 is 0 Å². The second-order valence-corrected chi connectivity index (χ2v) is 3.45. The minimum atomic E-state index is -0.994. The van der Waals surface area contributed by atoms with Gasteiger partial charge in [0.15, 0.2) is 11.4 Å². The fraction of sp³-hybridized carbons (Fsp3) is 0. The predicted molar refractivity (Wildman–Crippen MR) is 57.6 cm³/mol. The normalized spacial score (nSPS) is 10.8. The van der Waals surface area contributed by atoms with Crippen LogP contribution in [0.4, 0.5) is 0 Å². The van der Waals surface area contributed by atoms with Crippen molar-refractivity contribution in [1.82, 2.24) is 14.6 Å². The van der Waals surface area contributed by atoms with E-state index in [-0.39, 0.29) is 5.56 Å². The lowest BCUT2D eigenvalue weighted by molar-refractivity contribution is 0.0696. The molecule has 3 heterocycles. The molecule has 3 aromatic rings. The molecule has 0 aliphatic heterocycles. The molecule has 0 saturated carbocycles. The summed E-state index contributed by atoms with van der Waals surface area (Å²) in [4.78, 5) is 10.9. The zero-order valence-corrected chi connectivity index (χ0v) is 8.57. The van der Waals surface area contributed by atoms with Crippen LogP contribution in [-0.2, 0) is 0 Å². The quantitative estimate of drug-likeness (QED) is 0.723. The third kappa shape index (κ3) is 1.46. The first kappa shape index (κ1) is 9.59. The Morgan fingerprint density at radius 2 is 2.18 bits per heavy atom. The lowest BCUT2D eigenvalue weighted by Gasteiger charge is -1.98. The van der Waals surface area contributed by atoms with Crippen molar-refractivity contribution < 1.29 is 14.3 Å². The maximum Gasteiger partial charge on any atom is 0.337 e. The van der Waals surface area contributed by atoms with Crippen molar-refractivity contribution in [2.45, 2.75) is 0 Å². The van der Waals surface area contributed by atoms with Crippen molar-refractivity contribution in [3.63, 3.8) is 0 Å². The van der Waals surface area contributed by atoms with Gasteiger partial charge in [0, 0.05) is 6.20 Å². The number of hydrogen-bond acceptors (Lipinski definition) is 4. The van der Waals surface area contributed by atoms with Crippen LogP contribution in [-0.4, -0.2) is 25.7 Å². The molecule has 0 fully saturated rings. The molecule has 3 rings (SSSR count). The maximum atomic E-state index is 10.9. The van der Waals surface area contributed by atoms with Gasteiger partial charge in [0.2, 0.25) is 5.82 Å². The molecule has 0 amide bonds. The summed E-state index contributed by atoms with van der Waals surface area (Å²) in [5, 5.41) is 16.8. The van der Waals surface area contributed by atoms with E-state index in [1.807, 2.05) is 0 Å². The van der Waals surface area contributed by atoms with Crippen LogP contribution in [0.3, 0.4) is 0 Å². The van der Waals surface area contributed by atoms with Crippen LogP contribution in [0, 0.1) is 0 Å². The van der Waals surface area contributed by atoms with Crippen molar-refractivity contribution >= 4 is 11.6 Å². The fourth-order valence-electron chi connectivity index (χ4n) is 1.59. The van der Waals surface area contributed by atoms with Crippen LogP contribution >= 0.6 is 0 Å². The summed E-state index contributed by atoms with van der Waals surface area (Å²) in [6, 6.07) is 6.56. The van der Waals surface area contributed by atoms with Gasteiger partial charge in [0.05, 0.1) is 11.8 Å². The van der Waals surface area contributed by atoms with Crippen LogP contribution in [0.15, 0.2) is 41.1 Å². The molecule has 17 heavy (non-hydrogen) atoms. The van der Waals surface area contributed by atoms with Crippen molar-refractivity contribution in [3.05, 3.63) is 42.3 Å². The van der Waals surface area contributed by atoms with E-state index in [2.05, 4.69) is 10.2 Å². The van der Waals surface area contributed by atoms with Crippen molar-refractivity contribution in [2.75, 3.05) is 0 Å². The number of rotatable bonds is 2. The monoisotopic (exact) mass is 229 g/mol. The van der Waals surface area contributed by atoms with Gasteiger partial charge < -0.3 is 9.52 Å². The Balaban J connectivity index is 2.26. The molecule has 0 aromatic carbocycles. The van der Waals surface area contributed by atoms with Crippen molar-refractivity contribution in [2.24, 2.45) is 0 Å². The Bertz CT molecular complexity index is 685. The number of carboxylic acid groups (broad SMARTS) is 1. The van der Waals surface area contributed by atoms with Gasteiger partial charge in [0.1, 0.15) is 0 Å².